The van der Waals surface area contributed by atoms with E-state index in [9.17, 15) is 53.4 Å². The number of aliphatic hydroxyl groups is 1. The van der Waals surface area contributed by atoms with Gasteiger partial charge in [-0.3, -0.25) is 38.4 Å². The first-order valence-corrected chi connectivity index (χ1v) is 20.1. The third-order valence-electron chi connectivity index (χ3n) is 9.66. The highest BCUT2D eigenvalue weighted by atomic mass is 16.4. The summed E-state index contributed by atoms with van der Waals surface area (Å²) in [6, 6.07) is 0.348. The number of hydrogen-bond donors (Lipinski definition) is 10. The van der Waals surface area contributed by atoms with Gasteiger partial charge in [-0.2, -0.15) is 0 Å². The summed E-state index contributed by atoms with van der Waals surface area (Å²) in [5, 5.41) is 33.9. The highest BCUT2D eigenvalue weighted by Crippen LogP contribution is 2.19. The Morgan fingerprint density at radius 2 is 1.28 bits per heavy atom. The molecule has 0 unspecified atom stereocenters. The van der Waals surface area contributed by atoms with Crippen molar-refractivity contribution in [3.05, 3.63) is 35.9 Å². The fraction of sp³-hybridized carbons (Fsp3) is 0.625. The van der Waals surface area contributed by atoms with Gasteiger partial charge in [-0.25, -0.2) is 4.79 Å². The lowest BCUT2D eigenvalue weighted by molar-refractivity contribution is -0.143. The number of nitrogens with zero attached hydrogens (tertiary/aromatic N) is 1. The molecule has 1 aliphatic heterocycles. The number of aliphatic carboxylic acids is 1. The first-order chi connectivity index (χ1) is 28.1. The highest BCUT2D eigenvalue weighted by molar-refractivity contribution is 5.98. The van der Waals surface area contributed by atoms with Crippen LogP contribution in [0.15, 0.2) is 30.3 Å². The molecule has 334 valence electrons. The Morgan fingerprint density at radius 1 is 0.750 bits per heavy atom. The van der Waals surface area contributed by atoms with E-state index in [0.717, 1.165) is 5.56 Å². The van der Waals surface area contributed by atoms with Gasteiger partial charge in [0.15, 0.2) is 0 Å². The molecule has 20 heteroatoms. The number of carbonyl (C=O) groups is 9. The second-order valence-electron chi connectivity index (χ2n) is 16.2. The van der Waals surface area contributed by atoms with E-state index in [1.807, 2.05) is 30.3 Å². The summed E-state index contributed by atoms with van der Waals surface area (Å²) in [7, 11) is 0. The van der Waals surface area contributed by atoms with Gasteiger partial charge in [0.05, 0.1) is 25.6 Å². The van der Waals surface area contributed by atoms with Crippen LogP contribution >= 0.6 is 0 Å². The van der Waals surface area contributed by atoms with Crippen LogP contribution in [0.3, 0.4) is 0 Å². The maximum absolute atomic E-state index is 13.6. The van der Waals surface area contributed by atoms with Crippen molar-refractivity contribution >= 4 is 53.2 Å². The zero-order valence-electron chi connectivity index (χ0n) is 35.2. The number of primary amides is 1. The molecule has 60 heavy (non-hydrogen) atoms. The Morgan fingerprint density at radius 3 is 1.83 bits per heavy atom. The molecule has 1 fully saturated rings. The predicted molar refractivity (Wildman–Crippen MR) is 218 cm³/mol. The summed E-state index contributed by atoms with van der Waals surface area (Å²) >= 11 is 0. The van der Waals surface area contributed by atoms with E-state index in [2.05, 4.69) is 31.9 Å². The van der Waals surface area contributed by atoms with Crippen molar-refractivity contribution in [2.75, 3.05) is 19.7 Å². The first kappa shape index (κ1) is 50.5. The van der Waals surface area contributed by atoms with Crippen LogP contribution in [0.5, 0.6) is 0 Å². The van der Waals surface area contributed by atoms with Gasteiger partial charge in [0.25, 0.3) is 0 Å². The van der Waals surface area contributed by atoms with E-state index in [0.29, 0.717) is 19.4 Å². The maximum Gasteiger partial charge on any atom is 0.326 e. The number of benzene rings is 1. The number of nitrogens with one attached hydrogen (secondary N) is 6. The number of carboxylic acids is 1. The fourth-order valence-electron chi connectivity index (χ4n) is 6.59. The number of likely N-dealkylation sites (tertiary alicyclic amines) is 1. The van der Waals surface area contributed by atoms with Crippen molar-refractivity contribution in [1.29, 1.82) is 0 Å². The standard InChI is InChI=1S/C40H63N9O11/c1-21(2)15-26(34(53)47-29(20-50)36(55)46-28(40(59)60)16-22(3)4)44-35(54)27(18-31(42)51)45-38(57)33(23(5)6)48-32(52)19-43-37(56)30-13-10-14-49(30)39(58)25(41)17-24-11-8-7-9-12-24/h7-9,11-12,21-23,25-30,33,50H,10,13-20,41H2,1-6H3,(H2,42,51)(H,43,56)(H,44,54)(H,45,57)(H,46,55)(H,47,53)(H,48,52)(H,59,60)/t25-,26-,27-,28-,29-,30-,33-/m0/s1. The maximum atomic E-state index is 13.6. The van der Waals surface area contributed by atoms with Crippen LogP contribution in [0.4, 0.5) is 0 Å². The lowest BCUT2D eigenvalue weighted by Crippen LogP contribution is -2.60. The normalized spacial score (nSPS) is 16.8. The summed E-state index contributed by atoms with van der Waals surface area (Å²) in [6.45, 7) is 9.05. The van der Waals surface area contributed by atoms with Gasteiger partial charge in [0.1, 0.15) is 36.3 Å². The van der Waals surface area contributed by atoms with Gasteiger partial charge in [-0.15, -0.1) is 0 Å². The minimum atomic E-state index is -1.63. The molecule has 1 aromatic rings. The van der Waals surface area contributed by atoms with E-state index in [1.54, 1.807) is 41.5 Å². The molecule has 20 nitrogen and oxygen atoms in total. The van der Waals surface area contributed by atoms with E-state index < -0.39 is 121 Å². The van der Waals surface area contributed by atoms with E-state index in [1.165, 1.54) is 4.90 Å². The molecule has 0 bridgehead atoms. The molecule has 0 saturated carbocycles. The summed E-state index contributed by atoms with van der Waals surface area (Å²) in [5.41, 5.74) is 12.5. The molecule has 1 saturated heterocycles. The molecule has 1 aliphatic rings. The SMILES string of the molecule is CC(C)C[C@H](NC(=O)[C@H](CO)NC(=O)[C@H](CC(C)C)NC(=O)[C@H](CC(N)=O)NC(=O)[C@@H](NC(=O)CNC(=O)[C@@H]1CCCN1C(=O)[C@@H](N)Cc1ccccc1)C(C)C)C(=O)O. The number of carboxylic acid groups (broad SMARTS) is 1. The summed E-state index contributed by atoms with van der Waals surface area (Å²) in [4.78, 5) is 118. The quantitative estimate of drug-likeness (QED) is 0.0530. The van der Waals surface area contributed by atoms with Crippen LogP contribution in [-0.2, 0) is 49.6 Å². The highest BCUT2D eigenvalue weighted by Gasteiger charge is 2.37. The lowest BCUT2D eigenvalue weighted by atomic mass is 10.0. The zero-order valence-corrected chi connectivity index (χ0v) is 35.2. The number of carbonyl (C=O) groups excluding carboxylic acids is 8. The smallest absolute Gasteiger partial charge is 0.326 e. The molecule has 2 rings (SSSR count). The third kappa shape index (κ3) is 16.6. The van der Waals surface area contributed by atoms with E-state index in [4.69, 9.17) is 11.5 Å². The van der Waals surface area contributed by atoms with Crippen LogP contribution in [0.2, 0.25) is 0 Å². The number of rotatable bonds is 24. The third-order valence-corrected chi connectivity index (χ3v) is 9.66. The Kier molecular flexibility index (Phi) is 20.6. The van der Waals surface area contributed by atoms with Gasteiger partial charge in [0, 0.05) is 6.54 Å². The number of hydrogen-bond acceptors (Lipinski definition) is 11. The van der Waals surface area contributed by atoms with Crippen LogP contribution in [0.25, 0.3) is 0 Å². The Bertz CT molecular complexity index is 1670. The van der Waals surface area contributed by atoms with Crippen molar-refractivity contribution in [3.63, 3.8) is 0 Å². The lowest BCUT2D eigenvalue weighted by Gasteiger charge is -2.28. The number of aliphatic hydroxyl groups excluding tert-OH is 1. The Balaban J connectivity index is 2.10. The predicted octanol–water partition coefficient (Wildman–Crippen LogP) is -2.21. The summed E-state index contributed by atoms with van der Waals surface area (Å²) in [6.07, 6.45) is 0.577. The minimum Gasteiger partial charge on any atom is -0.480 e. The average molecular weight is 846 g/mol. The van der Waals surface area contributed by atoms with Crippen LogP contribution in [-0.4, -0.2) is 130 Å². The molecular weight excluding hydrogens is 782 g/mol. The van der Waals surface area contributed by atoms with Crippen LogP contribution in [0, 0.1) is 17.8 Å². The van der Waals surface area contributed by atoms with Gasteiger partial charge in [-0.1, -0.05) is 71.9 Å². The molecule has 1 heterocycles. The largest absolute Gasteiger partial charge is 0.480 e. The van der Waals surface area contributed by atoms with Gasteiger partial charge in [0.2, 0.25) is 47.3 Å². The zero-order chi connectivity index (χ0) is 45.3. The second-order valence-corrected chi connectivity index (χ2v) is 16.2. The minimum absolute atomic E-state index is 0.00332. The second kappa shape index (κ2) is 24.5. The number of nitrogens with two attached hydrogens (primary N) is 2. The monoisotopic (exact) mass is 845 g/mol. The van der Waals surface area contributed by atoms with Crippen molar-refractivity contribution in [2.24, 2.45) is 29.2 Å². The Hall–Kier alpha value is -5.63. The van der Waals surface area contributed by atoms with Crippen molar-refractivity contribution in [2.45, 2.75) is 122 Å². The molecule has 0 aliphatic carbocycles. The summed E-state index contributed by atoms with van der Waals surface area (Å²) < 4.78 is 0. The molecule has 7 atom stereocenters. The van der Waals surface area contributed by atoms with E-state index in [-0.39, 0.29) is 31.1 Å². The van der Waals surface area contributed by atoms with Gasteiger partial charge < -0.3 is 58.5 Å². The van der Waals surface area contributed by atoms with Gasteiger partial charge in [-0.05, 0) is 55.4 Å². The van der Waals surface area contributed by atoms with Crippen molar-refractivity contribution in [1.82, 2.24) is 36.8 Å². The van der Waals surface area contributed by atoms with Crippen LogP contribution < -0.4 is 43.4 Å². The molecule has 0 spiro atoms. The molecule has 1 aromatic carbocycles. The molecular formula is C40H63N9O11. The van der Waals surface area contributed by atoms with Crippen molar-refractivity contribution < 1.29 is 53.4 Å². The van der Waals surface area contributed by atoms with Crippen molar-refractivity contribution in [3.8, 4) is 0 Å². The molecule has 0 radical (unpaired) electrons. The molecule has 8 amide bonds. The molecule has 0 aromatic heterocycles. The topological polar surface area (TPSA) is 322 Å². The molecule has 12 N–H and O–H groups in total. The van der Waals surface area contributed by atoms with Crippen LogP contribution in [0.1, 0.15) is 79.2 Å². The Labute approximate surface area is 350 Å². The first-order valence-electron chi connectivity index (χ1n) is 20.1. The summed E-state index contributed by atoms with van der Waals surface area (Å²) in [5.74, 6) is -8.69. The van der Waals surface area contributed by atoms with Gasteiger partial charge >= 0.3 is 5.97 Å². The average Bonchev–Trinajstić information content (AvgIpc) is 3.66. The van der Waals surface area contributed by atoms with E-state index >= 15 is 0 Å². The number of amides is 8. The fourth-order valence-corrected chi connectivity index (χ4v) is 6.59.